The molecule has 0 aliphatic heterocycles. The average Bonchev–Trinajstić information content (AvgIpc) is 2.60. The Hall–Kier alpha value is -2.47. The molecule has 0 aliphatic carbocycles. The number of ketones is 1. The summed E-state index contributed by atoms with van der Waals surface area (Å²) in [5.41, 5.74) is 2.23. The quantitative estimate of drug-likeness (QED) is 0.561. The highest BCUT2D eigenvalue weighted by atomic mass is 79.9. The first-order chi connectivity index (χ1) is 11.9. The first kappa shape index (κ1) is 18.9. The van der Waals surface area contributed by atoms with Crippen molar-refractivity contribution in [1.29, 1.82) is 0 Å². The van der Waals surface area contributed by atoms with Crippen molar-refractivity contribution >= 4 is 39.3 Å². The molecule has 2 aromatic rings. The number of carbonyl (C=O) groups excluding carboxylic acids is 3. The van der Waals surface area contributed by atoms with Crippen molar-refractivity contribution in [2.75, 3.05) is 11.9 Å². The van der Waals surface area contributed by atoms with E-state index >= 15 is 0 Å². The second-order valence-electron chi connectivity index (χ2n) is 5.50. The van der Waals surface area contributed by atoms with Crippen LogP contribution in [0.2, 0.25) is 0 Å². The summed E-state index contributed by atoms with van der Waals surface area (Å²) < 4.78 is 5.79. The number of benzene rings is 2. The fourth-order valence-corrected chi connectivity index (χ4v) is 2.31. The van der Waals surface area contributed by atoms with E-state index in [1.807, 2.05) is 19.1 Å². The third kappa shape index (κ3) is 6.51. The highest BCUT2D eigenvalue weighted by Gasteiger charge is 2.12. The van der Waals surface area contributed by atoms with E-state index in [0.717, 1.165) is 10.0 Å². The molecule has 0 aromatic heterocycles. The maximum Gasteiger partial charge on any atom is 0.306 e. The number of carbonyl (C=O) groups is 3. The summed E-state index contributed by atoms with van der Waals surface area (Å²) in [5, 5.41) is 2.62. The number of nitrogens with one attached hydrogen (secondary N) is 1. The van der Waals surface area contributed by atoms with Crippen LogP contribution >= 0.6 is 15.9 Å². The molecule has 0 aliphatic rings. The number of amides is 1. The highest BCUT2D eigenvalue weighted by molar-refractivity contribution is 9.10. The first-order valence-corrected chi connectivity index (χ1v) is 8.54. The summed E-state index contributed by atoms with van der Waals surface area (Å²) in [5.74, 6) is -1.14. The molecule has 1 N–H and O–H groups in total. The fourth-order valence-electron chi connectivity index (χ4n) is 2.05. The van der Waals surface area contributed by atoms with Crippen molar-refractivity contribution < 1.29 is 19.1 Å². The summed E-state index contributed by atoms with van der Waals surface area (Å²) in [6.07, 6.45) is -0.00546. The molecule has 130 valence electrons. The van der Waals surface area contributed by atoms with Gasteiger partial charge in [-0.15, -0.1) is 0 Å². The van der Waals surface area contributed by atoms with Gasteiger partial charge < -0.3 is 10.1 Å². The van der Waals surface area contributed by atoms with Gasteiger partial charge in [-0.05, 0) is 31.2 Å². The van der Waals surface area contributed by atoms with Gasteiger partial charge in [0.15, 0.2) is 12.4 Å². The number of hydrogen-bond donors (Lipinski definition) is 1. The molecule has 6 heteroatoms. The zero-order chi connectivity index (χ0) is 18.2. The summed E-state index contributed by atoms with van der Waals surface area (Å²) in [7, 11) is 0. The summed E-state index contributed by atoms with van der Waals surface area (Å²) >= 11 is 3.30. The monoisotopic (exact) mass is 403 g/mol. The van der Waals surface area contributed by atoms with Crippen LogP contribution in [0.5, 0.6) is 0 Å². The van der Waals surface area contributed by atoms with E-state index in [1.165, 1.54) is 0 Å². The van der Waals surface area contributed by atoms with Crippen molar-refractivity contribution in [3.63, 3.8) is 0 Å². The number of aryl methyl sites for hydroxylation is 1. The number of hydrogen-bond acceptors (Lipinski definition) is 4. The smallest absolute Gasteiger partial charge is 0.306 e. The molecule has 0 bridgehead atoms. The van der Waals surface area contributed by atoms with E-state index in [1.54, 1.807) is 36.4 Å². The number of anilines is 1. The predicted octanol–water partition coefficient (Wildman–Crippen LogP) is 3.90. The van der Waals surface area contributed by atoms with Crippen molar-refractivity contribution in [2.24, 2.45) is 0 Å². The second-order valence-corrected chi connectivity index (χ2v) is 6.42. The van der Waals surface area contributed by atoms with Gasteiger partial charge in [0, 0.05) is 22.1 Å². The van der Waals surface area contributed by atoms with Gasteiger partial charge in [0.2, 0.25) is 0 Å². The number of esters is 1. The van der Waals surface area contributed by atoms with E-state index in [0.29, 0.717) is 11.3 Å². The van der Waals surface area contributed by atoms with Gasteiger partial charge in [-0.1, -0.05) is 45.8 Å². The minimum atomic E-state index is -0.577. The second kappa shape index (κ2) is 9.13. The van der Waals surface area contributed by atoms with Crippen molar-refractivity contribution in [2.45, 2.75) is 19.8 Å². The molecule has 0 heterocycles. The third-order valence-corrected chi connectivity index (χ3v) is 3.95. The number of Topliss-reactive ketones (excluding diaryl/α,β-unsaturated/α-hetero) is 1. The molecular formula is C19H18BrNO4. The van der Waals surface area contributed by atoms with Gasteiger partial charge in [-0.25, -0.2) is 0 Å². The van der Waals surface area contributed by atoms with Crippen LogP contribution in [0.15, 0.2) is 53.0 Å². The molecule has 1 amide bonds. The maximum absolute atomic E-state index is 12.0. The van der Waals surface area contributed by atoms with Crippen molar-refractivity contribution in [3.05, 3.63) is 64.1 Å². The first-order valence-electron chi connectivity index (χ1n) is 7.75. The van der Waals surface area contributed by atoms with E-state index in [2.05, 4.69) is 21.2 Å². The topological polar surface area (TPSA) is 72.5 Å². The Morgan fingerprint density at radius 3 is 2.24 bits per heavy atom. The highest BCUT2D eigenvalue weighted by Crippen LogP contribution is 2.14. The molecule has 0 saturated heterocycles. The molecule has 0 atom stereocenters. The van der Waals surface area contributed by atoms with Crippen LogP contribution in [-0.4, -0.2) is 24.3 Å². The average molecular weight is 404 g/mol. The molecule has 0 radical (unpaired) electrons. The molecule has 0 saturated carbocycles. The molecule has 0 fully saturated rings. The zero-order valence-corrected chi connectivity index (χ0v) is 15.3. The lowest BCUT2D eigenvalue weighted by atomic mass is 10.1. The zero-order valence-electron chi connectivity index (χ0n) is 13.8. The van der Waals surface area contributed by atoms with Crippen LogP contribution in [0.4, 0.5) is 5.69 Å². The molecule has 0 unspecified atom stereocenters. The Morgan fingerprint density at radius 2 is 1.60 bits per heavy atom. The van der Waals surface area contributed by atoms with Crippen molar-refractivity contribution in [3.8, 4) is 0 Å². The Bertz CT molecular complexity index is 754. The lowest BCUT2D eigenvalue weighted by molar-refractivity contribution is -0.147. The molecule has 2 aromatic carbocycles. The molecule has 0 spiro atoms. The minimum absolute atomic E-state index is 0.0518. The van der Waals surface area contributed by atoms with Gasteiger partial charge in [0.05, 0.1) is 6.42 Å². The van der Waals surface area contributed by atoms with E-state index in [9.17, 15) is 14.4 Å². The number of ether oxygens (including phenoxy) is 1. The lowest BCUT2D eigenvalue weighted by Crippen LogP contribution is -2.21. The summed E-state index contributed by atoms with van der Waals surface area (Å²) in [6.45, 7) is 1.55. The van der Waals surface area contributed by atoms with E-state index < -0.39 is 11.9 Å². The third-order valence-electron chi connectivity index (χ3n) is 3.42. The maximum atomic E-state index is 12.0. The van der Waals surface area contributed by atoms with Gasteiger partial charge in [-0.3, -0.25) is 14.4 Å². The summed E-state index contributed by atoms with van der Waals surface area (Å²) in [6, 6.07) is 14.2. The fraction of sp³-hybridized carbons (Fsp3) is 0.211. The van der Waals surface area contributed by atoms with Crippen LogP contribution in [0.3, 0.4) is 0 Å². The van der Waals surface area contributed by atoms with Crippen LogP contribution in [0.1, 0.15) is 28.8 Å². The van der Waals surface area contributed by atoms with Gasteiger partial charge >= 0.3 is 5.97 Å². The van der Waals surface area contributed by atoms with Crippen LogP contribution in [0, 0.1) is 6.92 Å². The Morgan fingerprint density at radius 1 is 0.960 bits per heavy atom. The van der Waals surface area contributed by atoms with E-state index in [-0.39, 0.29) is 25.2 Å². The summed E-state index contributed by atoms with van der Waals surface area (Å²) in [4.78, 5) is 35.4. The Kier molecular flexibility index (Phi) is 6.89. The number of rotatable bonds is 7. The lowest BCUT2D eigenvalue weighted by Gasteiger charge is -2.07. The predicted molar refractivity (Wildman–Crippen MR) is 98.5 cm³/mol. The standard InChI is InChI=1S/C19H18BrNO4/c1-13-2-4-14(5-3-13)17(22)10-11-19(24)25-12-18(23)21-16-8-6-15(20)7-9-16/h2-9H,10-12H2,1H3,(H,21,23). The Balaban J connectivity index is 1.71. The van der Waals surface area contributed by atoms with Crippen molar-refractivity contribution in [1.82, 2.24) is 0 Å². The number of halogens is 1. The van der Waals surface area contributed by atoms with Crippen LogP contribution in [0.25, 0.3) is 0 Å². The van der Waals surface area contributed by atoms with E-state index in [4.69, 9.17) is 4.74 Å². The van der Waals surface area contributed by atoms with Gasteiger partial charge in [0.25, 0.3) is 5.91 Å². The normalized spacial score (nSPS) is 10.2. The molecule has 2 rings (SSSR count). The molecule has 25 heavy (non-hydrogen) atoms. The molecular weight excluding hydrogens is 386 g/mol. The van der Waals surface area contributed by atoms with Gasteiger partial charge in [-0.2, -0.15) is 0 Å². The van der Waals surface area contributed by atoms with Crippen LogP contribution < -0.4 is 5.32 Å². The minimum Gasteiger partial charge on any atom is -0.456 e. The largest absolute Gasteiger partial charge is 0.456 e. The molecule has 5 nitrogen and oxygen atoms in total. The van der Waals surface area contributed by atoms with Crippen LogP contribution in [-0.2, 0) is 14.3 Å². The van der Waals surface area contributed by atoms with Gasteiger partial charge in [0.1, 0.15) is 0 Å². The SMILES string of the molecule is Cc1ccc(C(=O)CCC(=O)OCC(=O)Nc2ccc(Br)cc2)cc1. The Labute approximate surface area is 154 Å².